The maximum Gasteiger partial charge on any atom is 0.250 e. The van der Waals surface area contributed by atoms with Crippen molar-refractivity contribution in [2.24, 2.45) is 10.1 Å². The highest BCUT2D eigenvalue weighted by atomic mass is 32.2. The molecule has 0 saturated heterocycles. The third-order valence-electron chi connectivity index (χ3n) is 3.70. The maximum absolute atomic E-state index is 11.9. The largest absolute Gasteiger partial charge is 0.494 e. The summed E-state index contributed by atoms with van der Waals surface area (Å²) in [7, 11) is 0. The van der Waals surface area contributed by atoms with Gasteiger partial charge in [-0.05, 0) is 47.9 Å². The Bertz CT molecular complexity index is 816. The summed E-state index contributed by atoms with van der Waals surface area (Å²) in [4.78, 5) is 16.4. The molecule has 0 fully saturated rings. The van der Waals surface area contributed by atoms with E-state index < -0.39 is 0 Å². The van der Waals surface area contributed by atoms with Gasteiger partial charge in [-0.1, -0.05) is 25.1 Å². The Morgan fingerprint density at radius 3 is 2.85 bits per heavy atom. The Kier molecular flexibility index (Phi) is 6.44. The number of amides is 1. The Morgan fingerprint density at radius 1 is 1.27 bits per heavy atom. The molecule has 5 nitrogen and oxygen atoms in total. The molecule has 0 atom stereocenters. The number of carbonyl (C=O) groups is 1. The van der Waals surface area contributed by atoms with Crippen LogP contribution >= 0.6 is 11.8 Å². The van der Waals surface area contributed by atoms with Crippen molar-refractivity contribution in [1.29, 1.82) is 0 Å². The third kappa shape index (κ3) is 5.20. The summed E-state index contributed by atoms with van der Waals surface area (Å²) in [5, 5.41) is 4.97. The standard InChI is InChI=1S/C20H21N3O2S/c1-2-11-25-17-9-7-15(8-10-17)13-21-23-19(24)14-26-20-12-16-5-3-4-6-18(16)22-20/h3-10,13H,2,11-12,14H2,1H3,(H,23,24)/b21-13+. The van der Waals surface area contributed by atoms with Gasteiger partial charge in [-0.2, -0.15) is 5.10 Å². The molecule has 1 aliphatic rings. The first-order chi connectivity index (χ1) is 12.7. The van der Waals surface area contributed by atoms with E-state index in [2.05, 4.69) is 28.5 Å². The molecular formula is C20H21N3O2S. The fourth-order valence-corrected chi connectivity index (χ4v) is 3.20. The van der Waals surface area contributed by atoms with E-state index in [1.165, 1.54) is 17.3 Å². The number of nitrogens with zero attached hydrogens (tertiary/aromatic N) is 2. The number of ether oxygens (including phenoxy) is 1. The predicted molar refractivity (Wildman–Crippen MR) is 108 cm³/mol. The molecule has 2 aromatic rings. The molecule has 0 aliphatic carbocycles. The van der Waals surface area contributed by atoms with E-state index in [0.29, 0.717) is 12.4 Å². The fraction of sp³-hybridized carbons (Fsp3) is 0.250. The van der Waals surface area contributed by atoms with E-state index in [-0.39, 0.29) is 5.91 Å². The Balaban J connectivity index is 1.41. The third-order valence-corrected chi connectivity index (χ3v) is 4.68. The second-order valence-corrected chi connectivity index (χ2v) is 6.86. The maximum atomic E-state index is 11.9. The minimum Gasteiger partial charge on any atom is -0.494 e. The number of nitrogens with one attached hydrogen (secondary N) is 1. The number of carbonyl (C=O) groups excluding carboxylic acids is 1. The SMILES string of the molecule is CCCOc1ccc(/C=N/NC(=O)CSC2=Nc3ccccc3C2)cc1. The molecule has 1 amide bonds. The molecule has 0 spiro atoms. The number of hydrazone groups is 1. The first-order valence-corrected chi connectivity index (χ1v) is 9.56. The van der Waals surface area contributed by atoms with Crippen LogP contribution in [0.4, 0.5) is 5.69 Å². The van der Waals surface area contributed by atoms with Crippen LogP contribution in [-0.2, 0) is 11.2 Å². The molecule has 6 heteroatoms. The van der Waals surface area contributed by atoms with Crippen LogP contribution in [0.5, 0.6) is 5.75 Å². The summed E-state index contributed by atoms with van der Waals surface area (Å²) < 4.78 is 5.53. The summed E-state index contributed by atoms with van der Waals surface area (Å²) in [5.74, 6) is 0.990. The molecule has 0 unspecified atom stereocenters. The number of thioether (sulfide) groups is 1. The number of hydrogen-bond donors (Lipinski definition) is 1. The number of benzene rings is 2. The van der Waals surface area contributed by atoms with Gasteiger partial charge in [0.15, 0.2) is 0 Å². The average Bonchev–Trinajstić information content (AvgIpc) is 3.09. The van der Waals surface area contributed by atoms with Crippen LogP contribution in [0, 0.1) is 0 Å². The van der Waals surface area contributed by atoms with Gasteiger partial charge in [0, 0.05) is 6.42 Å². The smallest absolute Gasteiger partial charge is 0.250 e. The molecule has 0 saturated carbocycles. The van der Waals surface area contributed by atoms with Gasteiger partial charge in [0.05, 0.1) is 29.3 Å². The van der Waals surface area contributed by atoms with Gasteiger partial charge in [-0.15, -0.1) is 11.8 Å². The van der Waals surface area contributed by atoms with Crippen molar-refractivity contribution < 1.29 is 9.53 Å². The van der Waals surface area contributed by atoms with Crippen molar-refractivity contribution in [2.75, 3.05) is 12.4 Å². The summed E-state index contributed by atoms with van der Waals surface area (Å²) in [6, 6.07) is 15.6. The van der Waals surface area contributed by atoms with Crippen molar-refractivity contribution in [1.82, 2.24) is 5.43 Å². The van der Waals surface area contributed by atoms with Gasteiger partial charge >= 0.3 is 0 Å². The molecule has 0 bridgehead atoms. The highest BCUT2D eigenvalue weighted by Gasteiger charge is 2.15. The van der Waals surface area contributed by atoms with E-state index in [9.17, 15) is 4.79 Å². The van der Waals surface area contributed by atoms with Crippen molar-refractivity contribution in [2.45, 2.75) is 19.8 Å². The number of rotatable bonds is 7. The van der Waals surface area contributed by atoms with Crippen molar-refractivity contribution in [3.8, 4) is 5.75 Å². The van der Waals surface area contributed by atoms with Crippen molar-refractivity contribution >= 4 is 34.6 Å². The lowest BCUT2D eigenvalue weighted by Crippen LogP contribution is -2.20. The quantitative estimate of drug-likeness (QED) is 0.595. The van der Waals surface area contributed by atoms with E-state index >= 15 is 0 Å². The molecule has 1 aliphatic heterocycles. The number of para-hydroxylation sites is 1. The molecule has 2 aromatic carbocycles. The highest BCUT2D eigenvalue weighted by molar-refractivity contribution is 8.14. The van der Waals surface area contributed by atoms with Crippen LogP contribution in [0.3, 0.4) is 0 Å². The van der Waals surface area contributed by atoms with Gasteiger partial charge in [0.25, 0.3) is 0 Å². The topological polar surface area (TPSA) is 63.0 Å². The van der Waals surface area contributed by atoms with Crippen LogP contribution in [0.2, 0.25) is 0 Å². The normalized spacial score (nSPS) is 12.7. The predicted octanol–water partition coefficient (Wildman–Crippen LogP) is 3.95. The lowest BCUT2D eigenvalue weighted by molar-refractivity contribution is -0.118. The van der Waals surface area contributed by atoms with E-state index in [0.717, 1.165) is 34.9 Å². The molecule has 0 aromatic heterocycles. The second-order valence-electron chi connectivity index (χ2n) is 5.81. The first-order valence-electron chi connectivity index (χ1n) is 8.57. The fourth-order valence-electron chi connectivity index (χ4n) is 2.42. The zero-order valence-electron chi connectivity index (χ0n) is 14.6. The minimum atomic E-state index is -0.146. The zero-order valence-corrected chi connectivity index (χ0v) is 15.5. The average molecular weight is 367 g/mol. The lowest BCUT2D eigenvalue weighted by Gasteiger charge is -2.04. The summed E-state index contributed by atoms with van der Waals surface area (Å²) in [6.07, 6.45) is 3.39. The number of aliphatic imine (C=N–C) groups is 1. The molecule has 1 heterocycles. The lowest BCUT2D eigenvalue weighted by atomic mass is 10.2. The first kappa shape index (κ1) is 18.2. The van der Waals surface area contributed by atoms with Crippen LogP contribution in [0.1, 0.15) is 24.5 Å². The van der Waals surface area contributed by atoms with Gasteiger partial charge in [-0.3, -0.25) is 4.79 Å². The zero-order chi connectivity index (χ0) is 18.2. The molecule has 134 valence electrons. The van der Waals surface area contributed by atoms with Crippen molar-refractivity contribution in [3.63, 3.8) is 0 Å². The van der Waals surface area contributed by atoms with Crippen LogP contribution in [0.15, 0.2) is 58.6 Å². The van der Waals surface area contributed by atoms with E-state index in [1.54, 1.807) is 6.21 Å². The highest BCUT2D eigenvalue weighted by Crippen LogP contribution is 2.29. The Hall–Kier alpha value is -2.60. The van der Waals surface area contributed by atoms with E-state index in [1.807, 2.05) is 42.5 Å². The summed E-state index contributed by atoms with van der Waals surface area (Å²) >= 11 is 1.45. The monoisotopic (exact) mass is 367 g/mol. The summed E-state index contributed by atoms with van der Waals surface area (Å²) in [5.41, 5.74) is 5.66. The molecular weight excluding hydrogens is 346 g/mol. The van der Waals surface area contributed by atoms with Crippen LogP contribution in [0.25, 0.3) is 0 Å². The van der Waals surface area contributed by atoms with Gasteiger partial charge in [0.2, 0.25) is 5.91 Å². The number of fused-ring (bicyclic) bond motifs is 1. The second kappa shape index (κ2) is 9.20. The molecule has 1 N–H and O–H groups in total. The van der Waals surface area contributed by atoms with Gasteiger partial charge < -0.3 is 4.74 Å². The Labute approximate surface area is 157 Å². The Morgan fingerprint density at radius 2 is 2.08 bits per heavy atom. The molecule has 3 rings (SSSR count). The van der Waals surface area contributed by atoms with Gasteiger partial charge in [0.1, 0.15) is 5.75 Å². The summed E-state index contributed by atoms with van der Waals surface area (Å²) in [6.45, 7) is 2.78. The van der Waals surface area contributed by atoms with Crippen LogP contribution in [-0.4, -0.2) is 29.5 Å². The molecule has 26 heavy (non-hydrogen) atoms. The number of hydrogen-bond acceptors (Lipinski definition) is 5. The van der Waals surface area contributed by atoms with E-state index in [4.69, 9.17) is 4.74 Å². The molecule has 0 radical (unpaired) electrons. The minimum absolute atomic E-state index is 0.146. The van der Waals surface area contributed by atoms with Crippen molar-refractivity contribution in [3.05, 3.63) is 59.7 Å². The van der Waals surface area contributed by atoms with Crippen LogP contribution < -0.4 is 10.2 Å². The van der Waals surface area contributed by atoms with Gasteiger partial charge in [-0.25, -0.2) is 10.4 Å².